The number of aryl methyl sites for hydroxylation is 2. The van der Waals surface area contributed by atoms with E-state index < -0.39 is 0 Å². The van der Waals surface area contributed by atoms with Crippen LogP contribution in [0.1, 0.15) is 16.7 Å². The van der Waals surface area contributed by atoms with Gasteiger partial charge in [-0.25, -0.2) is 4.68 Å². The lowest BCUT2D eigenvalue weighted by molar-refractivity contribution is -0.113. The van der Waals surface area contributed by atoms with E-state index in [1.165, 1.54) is 11.1 Å². The smallest absolute Gasteiger partial charge is 0.234 e. The zero-order valence-corrected chi connectivity index (χ0v) is 15.0. The van der Waals surface area contributed by atoms with E-state index in [4.69, 9.17) is 0 Å². The quantitative estimate of drug-likeness (QED) is 0.737. The Bertz CT molecular complexity index is 864. The van der Waals surface area contributed by atoms with E-state index in [0.717, 1.165) is 22.7 Å². The van der Waals surface area contributed by atoms with Gasteiger partial charge in [-0.15, -0.1) is 16.9 Å². The topological polar surface area (TPSA) is 72.7 Å². The molecule has 0 saturated carbocycles. The van der Waals surface area contributed by atoms with Gasteiger partial charge in [0.25, 0.3) is 0 Å². The number of nitrogens with one attached hydrogen (secondary N) is 1. The van der Waals surface area contributed by atoms with Crippen molar-refractivity contribution >= 4 is 23.4 Å². The molecule has 0 unspecified atom stereocenters. The number of carbonyl (C=O) groups excluding carboxylic acids is 1. The Kier molecular flexibility index (Phi) is 5.45. The number of hydrogen-bond donors (Lipinski definition) is 1. The number of thioether (sulfide) groups is 1. The van der Waals surface area contributed by atoms with Crippen LogP contribution in [0.25, 0.3) is 5.69 Å². The zero-order chi connectivity index (χ0) is 17.6. The van der Waals surface area contributed by atoms with E-state index in [2.05, 4.69) is 46.0 Å². The van der Waals surface area contributed by atoms with Crippen molar-refractivity contribution in [2.24, 2.45) is 0 Å². The van der Waals surface area contributed by atoms with Crippen molar-refractivity contribution in [3.05, 3.63) is 65.5 Å². The molecular formula is C18H19N5OS. The van der Waals surface area contributed by atoms with Gasteiger partial charge in [0, 0.05) is 11.4 Å². The number of nitrogens with zero attached hydrogens (tertiary/aromatic N) is 4. The van der Waals surface area contributed by atoms with Crippen molar-refractivity contribution in [3.8, 4) is 5.69 Å². The van der Waals surface area contributed by atoms with Gasteiger partial charge < -0.3 is 5.32 Å². The third-order valence-electron chi connectivity index (χ3n) is 3.66. The van der Waals surface area contributed by atoms with Crippen LogP contribution in [0.2, 0.25) is 0 Å². The third-order valence-corrected chi connectivity index (χ3v) is 4.66. The van der Waals surface area contributed by atoms with Crippen LogP contribution in [0, 0.1) is 13.8 Å². The predicted molar refractivity (Wildman–Crippen MR) is 99.9 cm³/mol. The lowest BCUT2D eigenvalue weighted by Gasteiger charge is -2.09. The van der Waals surface area contributed by atoms with Crippen LogP contribution in [0.4, 0.5) is 5.69 Å². The Morgan fingerprint density at radius 2 is 2.08 bits per heavy atom. The third kappa shape index (κ3) is 4.67. The van der Waals surface area contributed by atoms with Gasteiger partial charge in [-0.1, -0.05) is 29.8 Å². The summed E-state index contributed by atoms with van der Waals surface area (Å²) in [5.74, 6) is 1.24. The monoisotopic (exact) mass is 353 g/mol. The largest absolute Gasteiger partial charge is 0.325 e. The standard InChI is InChI=1S/C18H19N5OS/c1-13-4-3-5-15(8-13)10-25-11-18(24)20-16-6-7-17(14(2)9-16)23-12-19-21-22-23/h3-9,12H,10-11H2,1-2H3,(H,20,24). The van der Waals surface area contributed by atoms with E-state index >= 15 is 0 Å². The summed E-state index contributed by atoms with van der Waals surface area (Å²) in [5, 5.41) is 14.1. The van der Waals surface area contributed by atoms with Crippen molar-refractivity contribution in [3.63, 3.8) is 0 Å². The molecule has 128 valence electrons. The minimum Gasteiger partial charge on any atom is -0.325 e. The minimum absolute atomic E-state index is 0.00720. The van der Waals surface area contributed by atoms with E-state index in [1.807, 2.05) is 31.2 Å². The molecule has 1 aromatic heterocycles. The molecule has 0 spiro atoms. The van der Waals surface area contributed by atoms with Crippen LogP contribution in [0.5, 0.6) is 0 Å². The van der Waals surface area contributed by atoms with Gasteiger partial charge >= 0.3 is 0 Å². The van der Waals surface area contributed by atoms with Gasteiger partial charge in [-0.05, 0) is 53.6 Å². The van der Waals surface area contributed by atoms with Gasteiger partial charge in [0.2, 0.25) is 5.91 Å². The van der Waals surface area contributed by atoms with Crippen LogP contribution in [-0.4, -0.2) is 31.9 Å². The molecule has 3 rings (SSSR count). The van der Waals surface area contributed by atoms with Crippen molar-refractivity contribution in [2.75, 3.05) is 11.1 Å². The van der Waals surface area contributed by atoms with Crippen molar-refractivity contribution in [1.29, 1.82) is 0 Å². The fourth-order valence-corrected chi connectivity index (χ4v) is 3.30. The molecular weight excluding hydrogens is 334 g/mol. The molecule has 0 aliphatic rings. The number of amides is 1. The first kappa shape index (κ1) is 17.2. The SMILES string of the molecule is Cc1cccc(CSCC(=O)Nc2ccc(-n3cnnn3)c(C)c2)c1. The van der Waals surface area contributed by atoms with E-state index in [-0.39, 0.29) is 5.91 Å². The first-order chi connectivity index (χ1) is 12.1. The lowest BCUT2D eigenvalue weighted by atomic mass is 10.2. The normalized spacial score (nSPS) is 10.6. The van der Waals surface area contributed by atoms with Crippen LogP contribution >= 0.6 is 11.8 Å². The Balaban J connectivity index is 1.53. The summed E-state index contributed by atoms with van der Waals surface area (Å²) < 4.78 is 1.60. The molecule has 1 amide bonds. The van der Waals surface area contributed by atoms with Crippen molar-refractivity contribution < 1.29 is 4.79 Å². The molecule has 0 bridgehead atoms. The number of tetrazole rings is 1. The fraction of sp³-hybridized carbons (Fsp3) is 0.222. The second-order valence-electron chi connectivity index (χ2n) is 5.79. The Labute approximate surface area is 150 Å². The summed E-state index contributed by atoms with van der Waals surface area (Å²) in [7, 11) is 0. The molecule has 7 heteroatoms. The van der Waals surface area contributed by atoms with E-state index in [0.29, 0.717) is 5.75 Å². The Morgan fingerprint density at radius 1 is 1.20 bits per heavy atom. The fourth-order valence-electron chi connectivity index (χ4n) is 2.52. The van der Waals surface area contributed by atoms with Gasteiger partial charge in [0.15, 0.2) is 0 Å². The number of benzene rings is 2. The van der Waals surface area contributed by atoms with Gasteiger partial charge in [-0.3, -0.25) is 4.79 Å². The molecule has 0 aliphatic carbocycles. The Morgan fingerprint density at radius 3 is 2.80 bits per heavy atom. The van der Waals surface area contributed by atoms with Gasteiger partial charge in [-0.2, -0.15) is 0 Å². The highest BCUT2D eigenvalue weighted by molar-refractivity contribution is 7.99. The molecule has 25 heavy (non-hydrogen) atoms. The summed E-state index contributed by atoms with van der Waals surface area (Å²) in [5.41, 5.74) is 5.12. The van der Waals surface area contributed by atoms with Crippen LogP contribution < -0.4 is 5.32 Å². The van der Waals surface area contributed by atoms with Gasteiger partial charge in [0.05, 0.1) is 11.4 Å². The molecule has 6 nitrogen and oxygen atoms in total. The average Bonchev–Trinajstić information content (AvgIpc) is 3.09. The summed E-state index contributed by atoms with van der Waals surface area (Å²) in [4.78, 5) is 12.1. The number of carbonyl (C=O) groups is 1. The first-order valence-corrected chi connectivity index (χ1v) is 9.04. The van der Waals surface area contributed by atoms with E-state index in [1.54, 1.807) is 22.8 Å². The molecule has 0 fully saturated rings. The second-order valence-corrected chi connectivity index (χ2v) is 6.77. The summed E-state index contributed by atoms with van der Waals surface area (Å²) in [6.07, 6.45) is 1.54. The van der Waals surface area contributed by atoms with Crippen LogP contribution in [0.15, 0.2) is 48.8 Å². The molecule has 1 heterocycles. The highest BCUT2D eigenvalue weighted by atomic mass is 32.2. The molecule has 2 aromatic carbocycles. The number of hydrogen-bond acceptors (Lipinski definition) is 5. The zero-order valence-electron chi connectivity index (χ0n) is 14.1. The summed E-state index contributed by atoms with van der Waals surface area (Å²) in [6, 6.07) is 14.0. The average molecular weight is 353 g/mol. The number of aromatic nitrogens is 4. The molecule has 0 aliphatic heterocycles. The maximum absolute atomic E-state index is 12.1. The van der Waals surface area contributed by atoms with Crippen LogP contribution in [0.3, 0.4) is 0 Å². The number of rotatable bonds is 6. The Hall–Kier alpha value is -2.67. The summed E-state index contributed by atoms with van der Waals surface area (Å²) >= 11 is 1.61. The second kappa shape index (κ2) is 7.94. The highest BCUT2D eigenvalue weighted by Crippen LogP contribution is 2.19. The maximum atomic E-state index is 12.1. The molecule has 3 aromatic rings. The highest BCUT2D eigenvalue weighted by Gasteiger charge is 2.07. The predicted octanol–water partition coefficient (Wildman–Crippen LogP) is 3.15. The first-order valence-electron chi connectivity index (χ1n) is 7.89. The van der Waals surface area contributed by atoms with Gasteiger partial charge in [0.1, 0.15) is 6.33 Å². The lowest BCUT2D eigenvalue weighted by Crippen LogP contribution is -2.14. The van der Waals surface area contributed by atoms with E-state index in [9.17, 15) is 4.79 Å². The molecule has 0 atom stereocenters. The van der Waals surface area contributed by atoms with Crippen LogP contribution in [-0.2, 0) is 10.5 Å². The van der Waals surface area contributed by atoms with Crippen molar-refractivity contribution in [2.45, 2.75) is 19.6 Å². The molecule has 0 saturated heterocycles. The minimum atomic E-state index is -0.00720. The summed E-state index contributed by atoms with van der Waals surface area (Å²) in [6.45, 7) is 4.03. The molecule has 0 radical (unpaired) electrons. The van der Waals surface area contributed by atoms with Crippen molar-refractivity contribution in [1.82, 2.24) is 20.2 Å². The number of anilines is 1. The molecule has 1 N–H and O–H groups in total. The maximum Gasteiger partial charge on any atom is 0.234 e.